The lowest BCUT2D eigenvalue weighted by Crippen LogP contribution is -2.41. The molecule has 15 heavy (non-hydrogen) atoms. The van der Waals surface area contributed by atoms with Crippen LogP contribution in [0.4, 0.5) is 0 Å². The lowest BCUT2D eigenvalue weighted by molar-refractivity contribution is -0.0178. The van der Waals surface area contributed by atoms with Crippen LogP contribution < -0.4 is 4.74 Å². The van der Waals surface area contributed by atoms with Crippen molar-refractivity contribution in [3.63, 3.8) is 0 Å². The van der Waals surface area contributed by atoms with Gasteiger partial charge in [0.1, 0.15) is 11.4 Å². The van der Waals surface area contributed by atoms with Crippen molar-refractivity contribution >= 4 is 6.08 Å². The smallest absolute Gasteiger partial charge is 0.132 e. The Labute approximate surface area is 89.5 Å². The van der Waals surface area contributed by atoms with Crippen LogP contribution >= 0.6 is 0 Å². The van der Waals surface area contributed by atoms with E-state index in [9.17, 15) is 0 Å². The molecule has 0 amide bonds. The summed E-state index contributed by atoms with van der Waals surface area (Å²) in [4.78, 5) is 0. The number of hydrogen-bond donors (Lipinski definition) is 0. The highest BCUT2D eigenvalue weighted by molar-refractivity contribution is 5.60. The molecule has 0 N–H and O–H groups in total. The molecule has 2 heterocycles. The van der Waals surface area contributed by atoms with Crippen LogP contribution in [0.2, 0.25) is 0 Å². The van der Waals surface area contributed by atoms with Crippen LogP contribution in [0.25, 0.3) is 6.08 Å². The van der Waals surface area contributed by atoms with Gasteiger partial charge in [0.05, 0.1) is 13.2 Å². The van der Waals surface area contributed by atoms with E-state index < -0.39 is 0 Å². The average molecular weight is 202 g/mol. The maximum atomic E-state index is 6.09. The van der Waals surface area contributed by atoms with E-state index in [1.54, 1.807) is 0 Å². The summed E-state index contributed by atoms with van der Waals surface area (Å²) < 4.78 is 11.5. The molecule has 0 saturated carbocycles. The lowest BCUT2D eigenvalue weighted by atomic mass is 9.90. The number of ether oxygens (including phenoxy) is 2. The molecule has 1 aromatic rings. The third-order valence-electron chi connectivity index (χ3n) is 3.14. The molecule has 1 fully saturated rings. The fraction of sp³-hybridized carbons (Fsp3) is 0.385. The minimum absolute atomic E-state index is 0.105. The molecule has 0 atom stereocenters. The summed E-state index contributed by atoms with van der Waals surface area (Å²) in [6.07, 6.45) is 6.28. The number of hydrogen-bond acceptors (Lipinski definition) is 2. The van der Waals surface area contributed by atoms with E-state index in [2.05, 4.69) is 18.2 Å². The van der Waals surface area contributed by atoms with Gasteiger partial charge in [0, 0.05) is 18.4 Å². The minimum Gasteiger partial charge on any atom is -0.482 e. The van der Waals surface area contributed by atoms with Crippen molar-refractivity contribution in [3.05, 3.63) is 35.9 Å². The summed E-state index contributed by atoms with van der Waals surface area (Å²) in [6, 6.07) is 8.17. The third-order valence-corrected chi connectivity index (χ3v) is 3.14. The zero-order valence-corrected chi connectivity index (χ0v) is 8.61. The normalized spacial score (nSPS) is 22.1. The van der Waals surface area contributed by atoms with Crippen LogP contribution in [0.5, 0.6) is 5.75 Å². The van der Waals surface area contributed by atoms with Crippen LogP contribution in [0.15, 0.2) is 30.3 Å². The van der Waals surface area contributed by atoms with Crippen molar-refractivity contribution in [2.75, 3.05) is 13.2 Å². The lowest BCUT2D eigenvalue weighted by Gasteiger charge is -2.37. The van der Waals surface area contributed by atoms with Crippen molar-refractivity contribution in [2.45, 2.75) is 18.4 Å². The second-order valence-corrected chi connectivity index (χ2v) is 4.15. The number of rotatable bonds is 0. The van der Waals surface area contributed by atoms with Crippen LogP contribution in [-0.2, 0) is 4.74 Å². The first-order valence-corrected chi connectivity index (χ1v) is 5.43. The first-order valence-electron chi connectivity index (χ1n) is 5.43. The maximum Gasteiger partial charge on any atom is 0.132 e. The first-order chi connectivity index (χ1) is 7.38. The average Bonchev–Trinajstić information content (AvgIpc) is 2.30. The summed E-state index contributed by atoms with van der Waals surface area (Å²) >= 11 is 0. The van der Waals surface area contributed by atoms with Gasteiger partial charge < -0.3 is 9.47 Å². The van der Waals surface area contributed by atoms with Crippen molar-refractivity contribution in [1.82, 2.24) is 0 Å². The molecule has 2 aliphatic rings. The van der Waals surface area contributed by atoms with E-state index in [0.717, 1.165) is 31.8 Å². The van der Waals surface area contributed by atoms with Crippen molar-refractivity contribution < 1.29 is 9.47 Å². The Morgan fingerprint density at radius 3 is 2.73 bits per heavy atom. The maximum absolute atomic E-state index is 6.09. The molecule has 0 unspecified atom stereocenters. The summed E-state index contributed by atoms with van der Waals surface area (Å²) in [7, 11) is 0. The number of benzene rings is 1. The molecule has 0 aliphatic carbocycles. The minimum atomic E-state index is -0.105. The second-order valence-electron chi connectivity index (χ2n) is 4.15. The molecule has 78 valence electrons. The summed E-state index contributed by atoms with van der Waals surface area (Å²) in [5.41, 5.74) is 1.07. The molecular formula is C13H14O2. The fourth-order valence-electron chi connectivity index (χ4n) is 2.19. The largest absolute Gasteiger partial charge is 0.482 e. The SMILES string of the molecule is C1=CC2(CCOCC2)Oc2ccccc21. The topological polar surface area (TPSA) is 18.5 Å². The summed E-state index contributed by atoms with van der Waals surface area (Å²) in [6.45, 7) is 1.60. The van der Waals surface area contributed by atoms with Gasteiger partial charge in [-0.25, -0.2) is 0 Å². The molecule has 2 aliphatic heterocycles. The Kier molecular flexibility index (Phi) is 2.03. The van der Waals surface area contributed by atoms with Crippen LogP contribution in [0.1, 0.15) is 18.4 Å². The molecule has 1 spiro atoms. The van der Waals surface area contributed by atoms with E-state index in [1.165, 1.54) is 5.56 Å². The van der Waals surface area contributed by atoms with Gasteiger partial charge in [-0.2, -0.15) is 0 Å². The van der Waals surface area contributed by atoms with Crippen molar-refractivity contribution in [1.29, 1.82) is 0 Å². The second kappa shape index (κ2) is 3.38. The van der Waals surface area contributed by atoms with Gasteiger partial charge in [-0.3, -0.25) is 0 Å². The van der Waals surface area contributed by atoms with E-state index in [4.69, 9.17) is 9.47 Å². The van der Waals surface area contributed by atoms with E-state index in [0.29, 0.717) is 0 Å². The molecule has 0 aromatic heterocycles. The zero-order chi connectivity index (χ0) is 10.1. The van der Waals surface area contributed by atoms with Gasteiger partial charge in [0.15, 0.2) is 0 Å². The quantitative estimate of drug-likeness (QED) is 0.644. The Morgan fingerprint density at radius 1 is 1.07 bits per heavy atom. The predicted molar refractivity (Wildman–Crippen MR) is 58.9 cm³/mol. The molecule has 0 radical (unpaired) electrons. The van der Waals surface area contributed by atoms with E-state index in [1.807, 2.05) is 18.2 Å². The number of fused-ring (bicyclic) bond motifs is 1. The van der Waals surface area contributed by atoms with Gasteiger partial charge in [-0.15, -0.1) is 0 Å². The Bertz CT molecular complexity index is 389. The number of para-hydroxylation sites is 1. The van der Waals surface area contributed by atoms with Crippen LogP contribution in [-0.4, -0.2) is 18.8 Å². The first kappa shape index (κ1) is 8.98. The molecular weight excluding hydrogens is 188 g/mol. The van der Waals surface area contributed by atoms with Gasteiger partial charge in [-0.1, -0.05) is 24.3 Å². The molecule has 3 rings (SSSR count). The van der Waals surface area contributed by atoms with Gasteiger partial charge in [0.25, 0.3) is 0 Å². The molecule has 2 nitrogen and oxygen atoms in total. The predicted octanol–water partition coefficient (Wildman–Crippen LogP) is 2.64. The third kappa shape index (κ3) is 1.55. The summed E-state index contributed by atoms with van der Waals surface area (Å²) in [5.74, 6) is 1.00. The Morgan fingerprint density at radius 2 is 1.87 bits per heavy atom. The molecule has 0 bridgehead atoms. The molecule has 2 heteroatoms. The Hall–Kier alpha value is -1.28. The van der Waals surface area contributed by atoms with E-state index in [-0.39, 0.29) is 5.60 Å². The van der Waals surface area contributed by atoms with Crippen molar-refractivity contribution in [2.24, 2.45) is 0 Å². The van der Waals surface area contributed by atoms with Crippen LogP contribution in [0.3, 0.4) is 0 Å². The Balaban J connectivity index is 1.94. The standard InChI is InChI=1S/C13H14O2/c1-2-4-12-11(3-1)5-6-13(15-12)7-9-14-10-8-13/h1-6H,7-10H2. The van der Waals surface area contributed by atoms with Crippen molar-refractivity contribution in [3.8, 4) is 5.75 Å². The monoisotopic (exact) mass is 202 g/mol. The van der Waals surface area contributed by atoms with Crippen LogP contribution in [0, 0.1) is 0 Å². The highest BCUT2D eigenvalue weighted by Crippen LogP contribution is 2.36. The highest BCUT2D eigenvalue weighted by atomic mass is 16.5. The fourth-order valence-corrected chi connectivity index (χ4v) is 2.19. The van der Waals surface area contributed by atoms with Gasteiger partial charge in [-0.05, 0) is 12.1 Å². The molecule has 1 aromatic carbocycles. The highest BCUT2D eigenvalue weighted by Gasteiger charge is 2.34. The van der Waals surface area contributed by atoms with E-state index >= 15 is 0 Å². The summed E-state index contributed by atoms with van der Waals surface area (Å²) in [5, 5.41) is 0. The zero-order valence-electron chi connectivity index (χ0n) is 8.61. The molecule has 1 saturated heterocycles. The van der Waals surface area contributed by atoms with Gasteiger partial charge in [0.2, 0.25) is 0 Å². The van der Waals surface area contributed by atoms with Gasteiger partial charge >= 0.3 is 0 Å².